The molecule has 0 bridgehead atoms. The molecule has 2 aromatic carbocycles. The van der Waals surface area contributed by atoms with E-state index in [9.17, 15) is 0 Å². The molecule has 0 N–H and O–H groups in total. The first-order valence-electron chi connectivity index (χ1n) is 5.79. The van der Waals surface area contributed by atoms with Crippen molar-refractivity contribution in [3.8, 4) is 5.75 Å². The average Bonchev–Trinajstić information content (AvgIpc) is 2.86. The molecular formula is C15H14O2. The van der Waals surface area contributed by atoms with Crippen LogP contribution in [0.25, 0.3) is 0 Å². The molecule has 0 saturated heterocycles. The smallest absolute Gasteiger partial charge is 0.125 e. The Kier molecular flexibility index (Phi) is 2.80. The Balaban J connectivity index is 1.76. The zero-order chi connectivity index (χ0) is 11.5. The Bertz CT molecular complexity index is 506. The van der Waals surface area contributed by atoms with Gasteiger partial charge in [-0.25, -0.2) is 0 Å². The van der Waals surface area contributed by atoms with E-state index in [1.807, 2.05) is 30.3 Å². The number of hydrogen-bond acceptors (Lipinski definition) is 2. The highest BCUT2D eigenvalue weighted by atomic mass is 16.5. The molecule has 2 aromatic rings. The summed E-state index contributed by atoms with van der Waals surface area (Å²) in [6, 6.07) is 16.3. The molecule has 0 amide bonds. The van der Waals surface area contributed by atoms with Crippen LogP contribution in [0.1, 0.15) is 16.7 Å². The summed E-state index contributed by atoms with van der Waals surface area (Å²) in [6.45, 7) is 1.98. The molecule has 0 fully saturated rings. The van der Waals surface area contributed by atoms with Crippen molar-refractivity contribution in [1.82, 2.24) is 0 Å². The van der Waals surface area contributed by atoms with Gasteiger partial charge in [-0.05, 0) is 17.2 Å². The average molecular weight is 226 g/mol. The van der Waals surface area contributed by atoms with Gasteiger partial charge in [0.1, 0.15) is 12.4 Å². The Morgan fingerprint density at radius 3 is 2.71 bits per heavy atom. The van der Waals surface area contributed by atoms with Crippen molar-refractivity contribution < 1.29 is 9.47 Å². The Morgan fingerprint density at radius 2 is 1.82 bits per heavy atom. The fourth-order valence-corrected chi connectivity index (χ4v) is 2.04. The predicted octanol–water partition coefficient (Wildman–Crippen LogP) is 3.30. The van der Waals surface area contributed by atoms with Crippen LogP contribution in [0.3, 0.4) is 0 Å². The minimum absolute atomic E-state index is 0.608. The Labute approximate surface area is 101 Å². The number of hydrogen-bond donors (Lipinski definition) is 0. The van der Waals surface area contributed by atoms with E-state index in [1.54, 1.807) is 0 Å². The van der Waals surface area contributed by atoms with E-state index in [4.69, 9.17) is 9.47 Å². The minimum Gasteiger partial charge on any atom is -0.489 e. The van der Waals surface area contributed by atoms with Gasteiger partial charge in [0.15, 0.2) is 0 Å². The molecule has 0 spiro atoms. The quantitative estimate of drug-likeness (QED) is 0.799. The van der Waals surface area contributed by atoms with Gasteiger partial charge < -0.3 is 9.47 Å². The van der Waals surface area contributed by atoms with Gasteiger partial charge >= 0.3 is 0 Å². The van der Waals surface area contributed by atoms with E-state index in [0.29, 0.717) is 19.8 Å². The number of fused-ring (bicyclic) bond motifs is 1. The highest BCUT2D eigenvalue weighted by Gasteiger charge is 2.15. The normalized spacial score (nSPS) is 13.4. The lowest BCUT2D eigenvalue weighted by molar-refractivity contribution is 0.133. The second-order valence-corrected chi connectivity index (χ2v) is 4.16. The lowest BCUT2D eigenvalue weighted by atomic mass is 10.1. The summed E-state index contributed by atoms with van der Waals surface area (Å²) in [5, 5.41) is 0. The maximum Gasteiger partial charge on any atom is 0.125 e. The van der Waals surface area contributed by atoms with Crippen LogP contribution in [0.2, 0.25) is 0 Å². The van der Waals surface area contributed by atoms with Crippen LogP contribution in [-0.2, 0) is 24.6 Å². The fraction of sp³-hybridized carbons (Fsp3) is 0.200. The molecule has 3 rings (SSSR count). The van der Waals surface area contributed by atoms with Gasteiger partial charge in [-0.2, -0.15) is 0 Å². The van der Waals surface area contributed by atoms with Crippen LogP contribution in [-0.4, -0.2) is 0 Å². The van der Waals surface area contributed by atoms with Gasteiger partial charge in [0.2, 0.25) is 0 Å². The summed E-state index contributed by atoms with van der Waals surface area (Å²) in [5.74, 6) is 0.948. The molecule has 0 aliphatic carbocycles. The van der Waals surface area contributed by atoms with Gasteiger partial charge in [0.05, 0.1) is 13.2 Å². The van der Waals surface area contributed by atoms with Crippen LogP contribution >= 0.6 is 0 Å². The number of benzene rings is 2. The van der Waals surface area contributed by atoms with Crippen molar-refractivity contribution in [2.45, 2.75) is 19.8 Å². The summed E-state index contributed by atoms with van der Waals surface area (Å²) in [6.07, 6.45) is 0. The summed E-state index contributed by atoms with van der Waals surface area (Å²) < 4.78 is 11.3. The highest BCUT2D eigenvalue weighted by Crippen LogP contribution is 2.29. The molecule has 1 aliphatic heterocycles. The minimum atomic E-state index is 0.608. The molecule has 1 heterocycles. The van der Waals surface area contributed by atoms with Crippen LogP contribution in [0.4, 0.5) is 0 Å². The summed E-state index contributed by atoms with van der Waals surface area (Å²) in [5.41, 5.74) is 3.63. The van der Waals surface area contributed by atoms with E-state index < -0.39 is 0 Å². The van der Waals surface area contributed by atoms with Crippen molar-refractivity contribution >= 4 is 0 Å². The number of ether oxygens (including phenoxy) is 2. The maximum absolute atomic E-state index is 5.85. The third-order valence-corrected chi connectivity index (χ3v) is 2.97. The van der Waals surface area contributed by atoms with Crippen molar-refractivity contribution in [2.75, 3.05) is 0 Å². The van der Waals surface area contributed by atoms with Crippen LogP contribution in [0.5, 0.6) is 5.75 Å². The summed E-state index contributed by atoms with van der Waals surface area (Å²) in [4.78, 5) is 0. The van der Waals surface area contributed by atoms with Gasteiger partial charge in [0, 0.05) is 5.56 Å². The van der Waals surface area contributed by atoms with Crippen LogP contribution in [0, 0.1) is 0 Å². The van der Waals surface area contributed by atoms with Crippen molar-refractivity contribution in [3.05, 3.63) is 65.2 Å². The predicted molar refractivity (Wildman–Crippen MR) is 65.7 cm³/mol. The third-order valence-electron chi connectivity index (χ3n) is 2.97. The second-order valence-electron chi connectivity index (χ2n) is 4.16. The van der Waals surface area contributed by atoms with Crippen LogP contribution < -0.4 is 4.74 Å². The molecule has 0 saturated carbocycles. The van der Waals surface area contributed by atoms with Crippen molar-refractivity contribution in [1.29, 1.82) is 0 Å². The lowest BCUT2D eigenvalue weighted by Gasteiger charge is -2.09. The van der Waals surface area contributed by atoms with Gasteiger partial charge in [-0.3, -0.25) is 0 Å². The molecule has 0 radical (unpaired) electrons. The van der Waals surface area contributed by atoms with E-state index in [1.165, 1.54) is 16.7 Å². The molecule has 2 heteroatoms. The highest BCUT2D eigenvalue weighted by molar-refractivity contribution is 5.41. The maximum atomic E-state index is 5.85. The summed E-state index contributed by atoms with van der Waals surface area (Å²) in [7, 11) is 0. The largest absolute Gasteiger partial charge is 0.489 e. The van der Waals surface area contributed by atoms with E-state index in [2.05, 4.69) is 18.2 Å². The van der Waals surface area contributed by atoms with E-state index >= 15 is 0 Å². The molecule has 17 heavy (non-hydrogen) atoms. The van der Waals surface area contributed by atoms with Gasteiger partial charge in [0.25, 0.3) is 0 Å². The second kappa shape index (κ2) is 4.60. The summed E-state index contributed by atoms with van der Waals surface area (Å²) >= 11 is 0. The molecule has 86 valence electrons. The Hall–Kier alpha value is -1.80. The van der Waals surface area contributed by atoms with Crippen LogP contribution in [0.15, 0.2) is 48.5 Å². The SMILES string of the molecule is c1ccc(COc2cccc3c2COC3)cc1. The Morgan fingerprint density at radius 1 is 0.941 bits per heavy atom. The zero-order valence-corrected chi connectivity index (χ0v) is 9.56. The molecule has 1 aliphatic rings. The van der Waals surface area contributed by atoms with Gasteiger partial charge in [-0.1, -0.05) is 42.5 Å². The van der Waals surface area contributed by atoms with Crippen molar-refractivity contribution in [2.24, 2.45) is 0 Å². The lowest BCUT2D eigenvalue weighted by Crippen LogP contribution is -1.98. The molecular weight excluding hydrogens is 212 g/mol. The zero-order valence-electron chi connectivity index (χ0n) is 9.56. The topological polar surface area (TPSA) is 18.5 Å². The molecule has 0 aromatic heterocycles. The van der Waals surface area contributed by atoms with Crippen molar-refractivity contribution in [3.63, 3.8) is 0 Å². The van der Waals surface area contributed by atoms with E-state index in [-0.39, 0.29) is 0 Å². The first-order valence-corrected chi connectivity index (χ1v) is 5.79. The first kappa shape index (κ1) is 10.4. The fourth-order valence-electron chi connectivity index (χ4n) is 2.04. The third kappa shape index (κ3) is 2.17. The number of rotatable bonds is 3. The first-order chi connectivity index (χ1) is 8.43. The van der Waals surface area contributed by atoms with E-state index in [0.717, 1.165) is 5.75 Å². The standard InChI is InChI=1S/C15H14O2/c1-2-5-12(6-3-1)9-17-15-8-4-7-13-10-16-11-14(13)15/h1-8H,9-11H2. The molecule has 0 atom stereocenters. The monoisotopic (exact) mass is 226 g/mol. The van der Waals surface area contributed by atoms with Gasteiger partial charge in [-0.15, -0.1) is 0 Å². The molecule has 0 unspecified atom stereocenters. The molecule has 2 nitrogen and oxygen atoms in total.